The van der Waals surface area contributed by atoms with Crippen molar-refractivity contribution in [1.29, 1.82) is 0 Å². The van der Waals surface area contributed by atoms with Gasteiger partial charge in [-0.3, -0.25) is 5.32 Å². The first kappa shape index (κ1) is 16.3. The van der Waals surface area contributed by atoms with Crippen molar-refractivity contribution >= 4 is 33.3 Å². The molecule has 124 valence electrons. The van der Waals surface area contributed by atoms with Crippen molar-refractivity contribution < 1.29 is 14.3 Å². The minimum atomic E-state index is -0.486. The average molecular weight is 342 g/mol. The average Bonchev–Trinajstić information content (AvgIpc) is 2.99. The van der Waals surface area contributed by atoms with E-state index in [-0.39, 0.29) is 0 Å². The Kier molecular flexibility index (Phi) is 4.66. The number of benzene rings is 2. The summed E-state index contributed by atoms with van der Waals surface area (Å²) in [5, 5.41) is 3.63. The molecule has 0 unspecified atom stereocenters. The predicted octanol–water partition coefficient (Wildman–Crippen LogP) is 4.67. The van der Waals surface area contributed by atoms with Crippen LogP contribution in [-0.4, -0.2) is 18.2 Å². The maximum atomic E-state index is 11.4. The van der Waals surface area contributed by atoms with E-state index >= 15 is 0 Å². The van der Waals surface area contributed by atoms with E-state index < -0.39 is 6.09 Å². The number of methoxy groups -OCH3 is 1. The standard InChI is InChI=1S/C18H18N2O3S/c1-11-9-15(12(2)8-14(11)20-18(21)22-3)23-10-17-19-13-6-4-5-7-16(13)24-17/h4-9H,10H2,1-3H3,(H,20,21). The number of carbonyl (C=O) groups is 1. The fourth-order valence-electron chi connectivity index (χ4n) is 2.36. The van der Waals surface area contributed by atoms with Crippen molar-refractivity contribution in [2.75, 3.05) is 12.4 Å². The Morgan fingerprint density at radius 1 is 1.21 bits per heavy atom. The normalized spacial score (nSPS) is 10.6. The van der Waals surface area contributed by atoms with E-state index in [1.165, 1.54) is 7.11 Å². The van der Waals surface area contributed by atoms with Crippen LogP contribution in [0.2, 0.25) is 0 Å². The summed E-state index contributed by atoms with van der Waals surface area (Å²) < 4.78 is 11.7. The molecule has 1 heterocycles. The van der Waals surface area contributed by atoms with Gasteiger partial charge in [-0.25, -0.2) is 9.78 Å². The Labute approximate surface area is 144 Å². The maximum Gasteiger partial charge on any atom is 0.411 e. The molecule has 0 atom stereocenters. The molecule has 0 aliphatic carbocycles. The molecular formula is C18H18N2O3S. The molecule has 0 saturated carbocycles. The summed E-state index contributed by atoms with van der Waals surface area (Å²) in [5.74, 6) is 0.780. The SMILES string of the molecule is COC(=O)Nc1cc(C)c(OCc2nc3ccccc3s2)cc1C. The van der Waals surface area contributed by atoms with Crippen LogP contribution >= 0.6 is 11.3 Å². The molecule has 6 heteroatoms. The number of nitrogens with zero attached hydrogens (tertiary/aromatic N) is 1. The van der Waals surface area contributed by atoms with Gasteiger partial charge >= 0.3 is 6.09 Å². The van der Waals surface area contributed by atoms with Crippen LogP contribution in [0.4, 0.5) is 10.5 Å². The topological polar surface area (TPSA) is 60.5 Å². The Morgan fingerprint density at radius 3 is 2.75 bits per heavy atom. The van der Waals surface area contributed by atoms with Crippen LogP contribution < -0.4 is 10.1 Å². The smallest absolute Gasteiger partial charge is 0.411 e. The highest BCUT2D eigenvalue weighted by Crippen LogP contribution is 2.28. The molecule has 5 nitrogen and oxygen atoms in total. The number of hydrogen-bond donors (Lipinski definition) is 1. The van der Waals surface area contributed by atoms with Crippen molar-refractivity contribution in [1.82, 2.24) is 4.98 Å². The van der Waals surface area contributed by atoms with E-state index in [9.17, 15) is 4.79 Å². The quantitative estimate of drug-likeness (QED) is 0.748. The Bertz CT molecular complexity index is 856. The Balaban J connectivity index is 1.75. The summed E-state index contributed by atoms with van der Waals surface area (Å²) in [7, 11) is 1.34. The van der Waals surface area contributed by atoms with Crippen LogP contribution in [0.3, 0.4) is 0 Å². The van der Waals surface area contributed by atoms with Gasteiger partial charge in [-0.05, 0) is 49.2 Å². The van der Waals surface area contributed by atoms with Crippen molar-refractivity contribution in [2.24, 2.45) is 0 Å². The van der Waals surface area contributed by atoms with E-state index in [0.29, 0.717) is 12.3 Å². The highest BCUT2D eigenvalue weighted by Gasteiger charge is 2.10. The Morgan fingerprint density at radius 2 is 2.00 bits per heavy atom. The molecule has 0 spiro atoms. The van der Waals surface area contributed by atoms with E-state index in [0.717, 1.165) is 32.1 Å². The molecule has 2 aromatic carbocycles. The maximum absolute atomic E-state index is 11.4. The summed E-state index contributed by atoms with van der Waals surface area (Å²) in [6.45, 7) is 4.27. The predicted molar refractivity (Wildman–Crippen MR) is 95.9 cm³/mol. The van der Waals surface area contributed by atoms with Gasteiger partial charge in [0.25, 0.3) is 0 Å². The summed E-state index contributed by atoms with van der Waals surface area (Å²) in [5.41, 5.74) is 3.55. The first-order valence-corrected chi connectivity index (χ1v) is 8.32. The molecule has 24 heavy (non-hydrogen) atoms. The van der Waals surface area contributed by atoms with Gasteiger partial charge in [0.2, 0.25) is 0 Å². The van der Waals surface area contributed by atoms with Crippen molar-refractivity contribution in [3.8, 4) is 5.75 Å². The monoisotopic (exact) mass is 342 g/mol. The highest BCUT2D eigenvalue weighted by molar-refractivity contribution is 7.18. The zero-order valence-electron chi connectivity index (χ0n) is 13.8. The number of fused-ring (bicyclic) bond motifs is 1. The number of nitrogens with one attached hydrogen (secondary N) is 1. The van der Waals surface area contributed by atoms with E-state index in [2.05, 4.69) is 21.1 Å². The van der Waals surface area contributed by atoms with Gasteiger partial charge in [0.15, 0.2) is 0 Å². The van der Waals surface area contributed by atoms with Gasteiger partial charge in [-0.1, -0.05) is 12.1 Å². The molecule has 1 N–H and O–H groups in total. The number of para-hydroxylation sites is 1. The van der Waals surface area contributed by atoms with Crippen LogP contribution in [0, 0.1) is 13.8 Å². The molecule has 0 bridgehead atoms. The summed E-state index contributed by atoms with van der Waals surface area (Å²) >= 11 is 1.63. The first-order valence-electron chi connectivity index (χ1n) is 7.50. The van der Waals surface area contributed by atoms with Gasteiger partial charge in [0.1, 0.15) is 17.4 Å². The second-order valence-electron chi connectivity index (χ2n) is 5.41. The highest BCUT2D eigenvalue weighted by atomic mass is 32.1. The third kappa shape index (κ3) is 3.49. The molecule has 0 radical (unpaired) electrons. The fourth-order valence-corrected chi connectivity index (χ4v) is 3.24. The molecule has 0 aliphatic heterocycles. The van der Waals surface area contributed by atoms with Crippen LogP contribution in [-0.2, 0) is 11.3 Å². The zero-order chi connectivity index (χ0) is 17.1. The number of aromatic nitrogens is 1. The number of anilines is 1. The lowest BCUT2D eigenvalue weighted by Gasteiger charge is -2.13. The third-order valence-electron chi connectivity index (χ3n) is 3.63. The minimum absolute atomic E-state index is 0.420. The molecule has 0 saturated heterocycles. The summed E-state index contributed by atoms with van der Waals surface area (Å²) in [4.78, 5) is 15.9. The Hall–Kier alpha value is -2.60. The van der Waals surface area contributed by atoms with Gasteiger partial charge in [-0.15, -0.1) is 11.3 Å². The number of ether oxygens (including phenoxy) is 2. The molecule has 0 aliphatic rings. The first-order chi connectivity index (χ1) is 11.6. The van der Waals surface area contributed by atoms with E-state index in [4.69, 9.17) is 4.74 Å². The number of carbonyl (C=O) groups excluding carboxylic acids is 1. The zero-order valence-corrected chi connectivity index (χ0v) is 14.6. The van der Waals surface area contributed by atoms with Crippen LogP contribution in [0.15, 0.2) is 36.4 Å². The molecule has 3 rings (SSSR count). The number of amides is 1. The molecule has 1 amide bonds. The van der Waals surface area contributed by atoms with Gasteiger partial charge in [0, 0.05) is 5.69 Å². The summed E-state index contributed by atoms with van der Waals surface area (Å²) in [6, 6.07) is 11.8. The van der Waals surface area contributed by atoms with Gasteiger partial charge < -0.3 is 9.47 Å². The lowest BCUT2D eigenvalue weighted by atomic mass is 10.1. The molecule has 0 fully saturated rings. The second kappa shape index (κ2) is 6.88. The van der Waals surface area contributed by atoms with Crippen molar-refractivity contribution in [3.63, 3.8) is 0 Å². The second-order valence-corrected chi connectivity index (χ2v) is 6.53. The van der Waals surface area contributed by atoms with Gasteiger partial charge in [0.05, 0.1) is 17.3 Å². The number of rotatable bonds is 4. The number of aryl methyl sites for hydroxylation is 2. The van der Waals surface area contributed by atoms with Crippen LogP contribution in [0.1, 0.15) is 16.1 Å². The van der Waals surface area contributed by atoms with E-state index in [1.807, 2.05) is 44.2 Å². The van der Waals surface area contributed by atoms with Crippen molar-refractivity contribution in [2.45, 2.75) is 20.5 Å². The third-order valence-corrected chi connectivity index (χ3v) is 4.64. The summed E-state index contributed by atoms with van der Waals surface area (Å²) in [6.07, 6.45) is -0.486. The lowest BCUT2D eigenvalue weighted by Crippen LogP contribution is -2.12. The van der Waals surface area contributed by atoms with Crippen molar-refractivity contribution in [3.05, 3.63) is 52.5 Å². The van der Waals surface area contributed by atoms with Gasteiger partial charge in [-0.2, -0.15) is 0 Å². The number of hydrogen-bond acceptors (Lipinski definition) is 5. The largest absolute Gasteiger partial charge is 0.486 e. The molecule has 3 aromatic rings. The number of thiazole rings is 1. The lowest BCUT2D eigenvalue weighted by molar-refractivity contribution is 0.187. The van der Waals surface area contributed by atoms with Crippen LogP contribution in [0.25, 0.3) is 10.2 Å². The minimum Gasteiger partial charge on any atom is -0.486 e. The molecular weight excluding hydrogens is 324 g/mol. The van der Waals surface area contributed by atoms with E-state index in [1.54, 1.807) is 11.3 Å². The molecule has 1 aromatic heterocycles. The van der Waals surface area contributed by atoms with Crippen LogP contribution in [0.5, 0.6) is 5.75 Å². The fraction of sp³-hybridized carbons (Fsp3) is 0.222.